The lowest BCUT2D eigenvalue weighted by atomic mass is 10.0. The number of carbonyl (C=O) groups excluding carboxylic acids is 2. The number of benzene rings is 1. The molecule has 2 fully saturated rings. The van der Waals surface area contributed by atoms with Gasteiger partial charge in [0.2, 0.25) is 5.91 Å². The normalized spacial score (nSPS) is 24.4. The third kappa shape index (κ3) is 3.02. The number of anilines is 1. The maximum atomic E-state index is 12.7. The van der Waals surface area contributed by atoms with Gasteiger partial charge in [0.15, 0.2) is 0 Å². The Kier molecular flexibility index (Phi) is 3.79. The molecule has 1 spiro atoms. The van der Waals surface area contributed by atoms with Crippen LogP contribution in [-0.4, -0.2) is 34.8 Å². The maximum Gasteiger partial charge on any atom is 0.253 e. The van der Waals surface area contributed by atoms with Gasteiger partial charge in [0.1, 0.15) is 0 Å². The van der Waals surface area contributed by atoms with E-state index in [2.05, 4.69) is 10.3 Å². The van der Waals surface area contributed by atoms with E-state index >= 15 is 0 Å². The molecule has 2 heterocycles. The van der Waals surface area contributed by atoms with Crippen molar-refractivity contribution in [1.29, 1.82) is 0 Å². The molecule has 1 aliphatic carbocycles. The Balaban J connectivity index is 1.40. The molecule has 1 aromatic heterocycles. The molecule has 25 heavy (non-hydrogen) atoms. The predicted molar refractivity (Wildman–Crippen MR) is 95.1 cm³/mol. The minimum atomic E-state index is -0.0359. The van der Waals surface area contributed by atoms with Crippen LogP contribution in [0.15, 0.2) is 48.8 Å². The molecule has 2 aliphatic rings. The van der Waals surface area contributed by atoms with Gasteiger partial charge in [0.25, 0.3) is 5.91 Å². The van der Waals surface area contributed by atoms with E-state index in [1.165, 1.54) is 0 Å². The fraction of sp³-hybridized carbons (Fsp3) is 0.350. The Bertz CT molecular complexity index is 821. The van der Waals surface area contributed by atoms with Crippen molar-refractivity contribution in [3.63, 3.8) is 0 Å². The molecule has 1 saturated carbocycles. The second kappa shape index (κ2) is 5.99. The average molecular weight is 335 g/mol. The van der Waals surface area contributed by atoms with E-state index in [1.54, 1.807) is 18.5 Å². The monoisotopic (exact) mass is 335 g/mol. The quantitative estimate of drug-likeness (QED) is 0.938. The summed E-state index contributed by atoms with van der Waals surface area (Å²) >= 11 is 0. The summed E-state index contributed by atoms with van der Waals surface area (Å²) in [5, 5.41) is 2.93. The molecule has 128 valence electrons. The van der Waals surface area contributed by atoms with Gasteiger partial charge in [-0.2, -0.15) is 0 Å². The Morgan fingerprint density at radius 1 is 1.28 bits per heavy atom. The predicted octanol–water partition coefficient (Wildman–Crippen LogP) is 2.88. The summed E-state index contributed by atoms with van der Waals surface area (Å²) in [5.74, 6) is 0.0970. The van der Waals surface area contributed by atoms with Gasteiger partial charge in [-0.1, -0.05) is 17.7 Å². The van der Waals surface area contributed by atoms with Gasteiger partial charge in [-0.3, -0.25) is 14.6 Å². The fourth-order valence-electron chi connectivity index (χ4n) is 3.87. The van der Waals surface area contributed by atoms with Crippen molar-refractivity contribution in [2.24, 2.45) is 11.3 Å². The van der Waals surface area contributed by atoms with E-state index in [-0.39, 0.29) is 23.1 Å². The summed E-state index contributed by atoms with van der Waals surface area (Å²) in [4.78, 5) is 31.1. The van der Waals surface area contributed by atoms with Crippen molar-refractivity contribution in [2.45, 2.75) is 19.8 Å². The largest absolute Gasteiger partial charge is 0.338 e. The van der Waals surface area contributed by atoms with Crippen LogP contribution in [-0.2, 0) is 4.79 Å². The number of amides is 2. The average Bonchev–Trinajstić information content (AvgIpc) is 3.16. The first kappa shape index (κ1) is 15.8. The molecule has 4 rings (SSSR count). The summed E-state index contributed by atoms with van der Waals surface area (Å²) in [5.41, 5.74) is 2.50. The smallest absolute Gasteiger partial charge is 0.253 e. The third-order valence-corrected chi connectivity index (χ3v) is 5.37. The van der Waals surface area contributed by atoms with Crippen molar-refractivity contribution >= 4 is 17.5 Å². The number of hydrogen-bond acceptors (Lipinski definition) is 3. The summed E-state index contributed by atoms with van der Waals surface area (Å²) < 4.78 is 0. The fourth-order valence-corrected chi connectivity index (χ4v) is 3.87. The van der Waals surface area contributed by atoms with Crippen LogP contribution in [0.2, 0.25) is 0 Å². The Labute approximate surface area is 147 Å². The number of aromatic nitrogens is 1. The molecule has 1 aromatic carbocycles. The lowest BCUT2D eigenvalue weighted by Gasteiger charge is -2.17. The van der Waals surface area contributed by atoms with Gasteiger partial charge in [-0.05, 0) is 44.0 Å². The molecule has 5 heteroatoms. The third-order valence-electron chi connectivity index (χ3n) is 5.37. The van der Waals surface area contributed by atoms with Crippen LogP contribution in [0.4, 0.5) is 5.69 Å². The maximum absolute atomic E-state index is 12.7. The minimum Gasteiger partial charge on any atom is -0.338 e. The molecule has 2 aromatic rings. The van der Waals surface area contributed by atoms with Crippen molar-refractivity contribution in [1.82, 2.24) is 9.88 Å². The second-order valence-electron chi connectivity index (χ2n) is 7.20. The lowest BCUT2D eigenvalue weighted by molar-refractivity contribution is -0.118. The van der Waals surface area contributed by atoms with E-state index in [9.17, 15) is 9.59 Å². The first-order valence-electron chi connectivity index (χ1n) is 8.64. The zero-order chi connectivity index (χ0) is 17.4. The lowest BCUT2D eigenvalue weighted by Crippen LogP contribution is -2.30. The number of nitrogens with zero attached hydrogens (tertiary/aromatic N) is 2. The van der Waals surface area contributed by atoms with E-state index in [1.807, 2.05) is 42.2 Å². The highest BCUT2D eigenvalue weighted by Crippen LogP contribution is 2.58. The van der Waals surface area contributed by atoms with Crippen LogP contribution in [0.25, 0.3) is 0 Å². The number of carbonyl (C=O) groups is 2. The molecular formula is C20H21N3O2. The van der Waals surface area contributed by atoms with Gasteiger partial charge in [-0.15, -0.1) is 0 Å². The molecule has 1 aliphatic heterocycles. The molecular weight excluding hydrogens is 314 g/mol. The van der Waals surface area contributed by atoms with Gasteiger partial charge < -0.3 is 10.2 Å². The van der Waals surface area contributed by atoms with Crippen LogP contribution in [0.3, 0.4) is 0 Å². The Hall–Kier alpha value is -2.69. The van der Waals surface area contributed by atoms with E-state index in [0.717, 1.165) is 36.2 Å². The summed E-state index contributed by atoms with van der Waals surface area (Å²) in [6.45, 7) is 3.39. The molecule has 1 N–H and O–H groups in total. The number of rotatable bonds is 3. The van der Waals surface area contributed by atoms with Crippen molar-refractivity contribution in [3.05, 3.63) is 59.9 Å². The van der Waals surface area contributed by atoms with Crippen LogP contribution >= 0.6 is 0 Å². The highest BCUT2D eigenvalue weighted by Gasteiger charge is 2.61. The first-order chi connectivity index (χ1) is 12.1. The Morgan fingerprint density at radius 2 is 2.16 bits per heavy atom. The first-order valence-corrected chi connectivity index (χ1v) is 8.64. The van der Waals surface area contributed by atoms with Gasteiger partial charge in [-0.25, -0.2) is 0 Å². The molecule has 0 bridgehead atoms. The van der Waals surface area contributed by atoms with Crippen LogP contribution < -0.4 is 5.32 Å². The van der Waals surface area contributed by atoms with E-state index < -0.39 is 0 Å². The highest BCUT2D eigenvalue weighted by atomic mass is 16.2. The van der Waals surface area contributed by atoms with Crippen molar-refractivity contribution in [2.75, 3.05) is 18.4 Å². The van der Waals surface area contributed by atoms with Crippen LogP contribution in [0, 0.1) is 18.3 Å². The standard InChI is InChI=1S/C20H21N3O2/c1-14-4-2-5-15(10-14)19(25)23-9-7-20(13-23)11-17(20)18(24)22-16-6-3-8-21-12-16/h2-6,8,10,12,17H,7,9,11,13H2,1H3,(H,22,24)/t17-,20-/m0/s1. The van der Waals surface area contributed by atoms with E-state index in [4.69, 9.17) is 0 Å². The summed E-state index contributed by atoms with van der Waals surface area (Å²) in [6.07, 6.45) is 5.08. The summed E-state index contributed by atoms with van der Waals surface area (Å²) in [7, 11) is 0. The zero-order valence-corrected chi connectivity index (χ0v) is 14.2. The molecule has 0 unspecified atom stereocenters. The molecule has 5 nitrogen and oxygen atoms in total. The van der Waals surface area contributed by atoms with Crippen molar-refractivity contribution in [3.8, 4) is 0 Å². The second-order valence-corrected chi connectivity index (χ2v) is 7.20. The van der Waals surface area contributed by atoms with E-state index in [0.29, 0.717) is 6.54 Å². The number of hydrogen-bond donors (Lipinski definition) is 1. The SMILES string of the molecule is Cc1cccc(C(=O)N2CC[C@]3(C[C@H]3C(=O)Nc3cccnc3)C2)c1. The highest BCUT2D eigenvalue weighted by molar-refractivity contribution is 5.96. The number of pyridine rings is 1. The molecule has 2 atom stereocenters. The number of nitrogens with one attached hydrogen (secondary N) is 1. The van der Waals surface area contributed by atoms with Crippen LogP contribution in [0.5, 0.6) is 0 Å². The van der Waals surface area contributed by atoms with Gasteiger partial charge >= 0.3 is 0 Å². The molecule has 2 amide bonds. The zero-order valence-electron chi connectivity index (χ0n) is 14.2. The Morgan fingerprint density at radius 3 is 2.92 bits per heavy atom. The van der Waals surface area contributed by atoms with Gasteiger partial charge in [0.05, 0.1) is 11.9 Å². The topological polar surface area (TPSA) is 62.3 Å². The van der Waals surface area contributed by atoms with Gasteiger partial charge in [0, 0.05) is 36.2 Å². The molecule has 1 saturated heterocycles. The van der Waals surface area contributed by atoms with Crippen LogP contribution in [0.1, 0.15) is 28.8 Å². The molecule has 0 radical (unpaired) electrons. The summed E-state index contributed by atoms with van der Waals surface area (Å²) in [6, 6.07) is 11.3. The number of likely N-dealkylation sites (tertiary alicyclic amines) is 1. The van der Waals surface area contributed by atoms with Crippen molar-refractivity contribution < 1.29 is 9.59 Å². The minimum absolute atomic E-state index is 0.0111. The number of aryl methyl sites for hydroxylation is 1.